The van der Waals surface area contributed by atoms with Gasteiger partial charge >= 0.3 is 11.9 Å². The van der Waals surface area contributed by atoms with Crippen molar-refractivity contribution in [3.05, 3.63) is 89.0 Å². The third kappa shape index (κ3) is 17.8. The lowest BCUT2D eigenvalue weighted by atomic mass is 9.77. The lowest BCUT2D eigenvalue weighted by molar-refractivity contribution is -0.150. The molecule has 1 spiro atoms. The molecule has 4 saturated heterocycles. The molecule has 0 saturated carbocycles. The number of nitrogens with two attached hydrogens (primary N) is 1. The average molecular weight is 1460 g/mol. The number of allylic oxidation sites excluding steroid dienone is 2. The summed E-state index contributed by atoms with van der Waals surface area (Å²) in [6, 6.07) is 5.88. The van der Waals surface area contributed by atoms with Crippen molar-refractivity contribution in [3.8, 4) is 23.0 Å². The Labute approximate surface area is 607 Å². The number of unbranched alkanes of at least 4 members (excludes halogenated alkanes) is 1. The van der Waals surface area contributed by atoms with Crippen LogP contribution >= 0.6 is 12.2 Å². The van der Waals surface area contributed by atoms with Gasteiger partial charge in [0.2, 0.25) is 59.1 Å². The molecule has 0 bridgehead atoms. The topological polar surface area (TPSA) is 410 Å². The monoisotopic (exact) mass is 1460 g/mol. The number of hydrogen-bond donors (Lipinski definition) is 10. The number of carbonyl (C=O) groups excluding carboxylic acids is 11. The first-order valence-corrected chi connectivity index (χ1v) is 36.5. The van der Waals surface area contributed by atoms with Gasteiger partial charge in [-0.25, -0.2) is 4.79 Å². The summed E-state index contributed by atoms with van der Waals surface area (Å²) in [7, 11) is 0. The minimum absolute atomic E-state index is 0.0772. The lowest BCUT2D eigenvalue weighted by Gasteiger charge is -2.36. The Balaban J connectivity index is 0.781. The number of esters is 1. The molecule has 8 atom stereocenters. The van der Waals surface area contributed by atoms with Crippen LogP contribution in [0.4, 0.5) is 5.69 Å². The summed E-state index contributed by atoms with van der Waals surface area (Å²) in [6.45, 7) is 3.17. The number of phenols is 2. The van der Waals surface area contributed by atoms with Gasteiger partial charge in [0.1, 0.15) is 65.3 Å². The van der Waals surface area contributed by atoms with Crippen molar-refractivity contribution in [1.29, 1.82) is 0 Å². The van der Waals surface area contributed by atoms with Crippen molar-refractivity contribution in [3.63, 3.8) is 0 Å². The van der Waals surface area contributed by atoms with Crippen molar-refractivity contribution in [2.45, 2.75) is 196 Å². The molecular weight excluding hydrogens is 1360 g/mol. The third-order valence-electron chi connectivity index (χ3n) is 20.4. The Hall–Kier alpha value is -9.91. The smallest absolute Gasteiger partial charge is 0.340 e. The number of nitrogens with one attached hydrogen (secondary N) is 5. The van der Waals surface area contributed by atoms with Crippen molar-refractivity contribution in [2.24, 2.45) is 5.73 Å². The summed E-state index contributed by atoms with van der Waals surface area (Å²) < 4.78 is 12.3. The van der Waals surface area contributed by atoms with Crippen LogP contribution in [0, 0.1) is 0 Å². The minimum Gasteiger partial charge on any atom is -0.508 e. The van der Waals surface area contributed by atoms with Gasteiger partial charge in [0, 0.05) is 93.2 Å². The van der Waals surface area contributed by atoms with Crippen LogP contribution < -0.4 is 37.1 Å². The van der Waals surface area contributed by atoms with Crippen molar-refractivity contribution < 1.29 is 87.4 Å². The Bertz CT molecular complexity index is 3780. The number of carboxylic acid groups (broad SMARTS) is 1. The Kier molecular flexibility index (Phi) is 25.5. The maximum atomic E-state index is 14.9. The molecule has 0 radical (unpaired) electrons. The van der Waals surface area contributed by atoms with E-state index >= 15 is 0 Å². The highest BCUT2D eigenvalue weighted by Gasteiger charge is 2.54. The second-order valence-corrected chi connectivity index (χ2v) is 28.2. The molecular formula is C73H94N12O18S. The predicted octanol–water partition coefficient (Wildman–Crippen LogP) is 3.25. The quantitative estimate of drug-likeness (QED) is 0.0452. The van der Waals surface area contributed by atoms with Crippen molar-refractivity contribution in [1.82, 2.24) is 50.7 Å². The number of nitrogens with zero attached hydrogens (tertiary/aromatic N) is 6. The van der Waals surface area contributed by atoms with Crippen LogP contribution in [-0.4, -0.2) is 233 Å². The van der Waals surface area contributed by atoms with Gasteiger partial charge in [0.25, 0.3) is 0 Å². The zero-order valence-corrected chi connectivity index (χ0v) is 59.5. The number of fused-ring (bicyclic) bond motifs is 9. The molecule has 7 heterocycles. The molecule has 3 aromatic rings. The number of likely N-dealkylation sites (tertiary alicyclic amines) is 1. The Morgan fingerprint density at radius 1 is 0.683 bits per heavy atom. The Morgan fingerprint density at radius 2 is 1.32 bits per heavy atom. The van der Waals surface area contributed by atoms with E-state index in [0.717, 1.165) is 12.8 Å². The van der Waals surface area contributed by atoms with Gasteiger partial charge in [-0.15, -0.1) is 0 Å². The molecule has 31 heteroatoms. The molecule has 0 unspecified atom stereocenters. The molecule has 30 nitrogen and oxygen atoms in total. The van der Waals surface area contributed by atoms with E-state index in [4.69, 9.17) is 27.4 Å². The van der Waals surface area contributed by atoms with E-state index < -0.39 is 139 Å². The second-order valence-electron chi connectivity index (χ2n) is 27.7. The van der Waals surface area contributed by atoms with Gasteiger partial charge in [-0.2, -0.15) is 0 Å². The van der Waals surface area contributed by atoms with E-state index in [1.54, 1.807) is 35.2 Å². The van der Waals surface area contributed by atoms with Gasteiger partial charge in [-0.1, -0.05) is 25.0 Å². The highest BCUT2D eigenvalue weighted by molar-refractivity contribution is 7.80. The summed E-state index contributed by atoms with van der Waals surface area (Å²) in [5.74, 6) is -7.66. The maximum absolute atomic E-state index is 14.9. The molecule has 7 aliphatic heterocycles. The SMILES string of the molecule is C[C@@H]1NC(=O)[C@H]([C@@H](C)O)NC(=O)[C@@H]2CCCN2C(=O)CN(C(=O)[C@@H]2CCCN2C(=O)CCCCNC(=S)Nc2ccc3c(c2)C2(OC3=O)c3ccc(O)cc3Oc3cc(O)ccc32)CCCC=CCCCCCCN(CC(=O)N[C@@H](CCC(=O)O)C(N)=O)C(=O)[C@@H]2CCCN2C(=O)[C@@H]2CCCN2C1=O. The number of amides is 10. The third-order valence-corrected chi connectivity index (χ3v) is 20.7. The number of benzene rings is 3. The molecule has 3 aromatic carbocycles. The zero-order valence-electron chi connectivity index (χ0n) is 58.6. The Morgan fingerprint density at radius 3 is 1.99 bits per heavy atom. The summed E-state index contributed by atoms with van der Waals surface area (Å²) in [6.07, 6.45) is 9.99. The molecule has 11 N–H and O–H groups in total. The number of rotatable bonds is 15. The largest absolute Gasteiger partial charge is 0.508 e. The van der Waals surface area contributed by atoms with Gasteiger partial charge in [-0.05, 0) is 171 Å². The van der Waals surface area contributed by atoms with E-state index in [1.807, 2.05) is 12.2 Å². The molecule has 0 aliphatic carbocycles. The molecule has 104 heavy (non-hydrogen) atoms. The van der Waals surface area contributed by atoms with Crippen LogP contribution in [0.15, 0.2) is 66.7 Å². The van der Waals surface area contributed by atoms with Crippen LogP contribution in [0.25, 0.3) is 0 Å². The van der Waals surface area contributed by atoms with E-state index in [9.17, 15) is 78.0 Å². The average Bonchev–Trinajstić information content (AvgIpc) is 1.44. The maximum Gasteiger partial charge on any atom is 0.340 e. The normalized spacial score (nSPS) is 23.4. The number of carboxylic acids is 1. The number of aliphatic hydroxyl groups is 1. The van der Waals surface area contributed by atoms with Crippen LogP contribution in [0.1, 0.15) is 169 Å². The van der Waals surface area contributed by atoms with Crippen LogP contribution in [-0.2, 0) is 63.1 Å². The summed E-state index contributed by atoms with van der Waals surface area (Å²) in [5.41, 5.74) is 6.26. The first-order valence-electron chi connectivity index (χ1n) is 36.1. The second kappa shape index (κ2) is 34.6. The van der Waals surface area contributed by atoms with E-state index in [1.165, 1.54) is 62.6 Å². The number of hydrogen-bond acceptors (Lipinski definition) is 18. The zero-order chi connectivity index (χ0) is 74.5. The number of aromatic hydroxyl groups is 2. The minimum atomic E-state index is -1.60. The van der Waals surface area contributed by atoms with Crippen LogP contribution in [0.5, 0.6) is 23.0 Å². The molecule has 10 rings (SSSR count). The van der Waals surface area contributed by atoms with Crippen LogP contribution in [0.3, 0.4) is 0 Å². The number of phenolic OH excluding ortho intramolecular Hbond substituents is 2. The fraction of sp³-hybridized carbons (Fsp3) is 0.548. The van der Waals surface area contributed by atoms with Gasteiger partial charge < -0.3 is 91.6 Å². The summed E-state index contributed by atoms with van der Waals surface area (Å²) in [4.78, 5) is 174. The highest BCUT2D eigenvalue weighted by Crippen LogP contribution is 2.57. The fourth-order valence-electron chi connectivity index (χ4n) is 15.1. The fourth-order valence-corrected chi connectivity index (χ4v) is 15.3. The first kappa shape index (κ1) is 76.7. The van der Waals surface area contributed by atoms with Gasteiger partial charge in [-0.3, -0.25) is 52.7 Å². The number of aliphatic carboxylic acids is 1. The molecule has 7 aliphatic rings. The number of carbonyl (C=O) groups is 12. The predicted molar refractivity (Wildman–Crippen MR) is 379 cm³/mol. The van der Waals surface area contributed by atoms with Gasteiger partial charge in [0.05, 0.1) is 24.8 Å². The number of anilines is 1. The molecule has 0 aromatic heterocycles. The summed E-state index contributed by atoms with van der Waals surface area (Å²) in [5, 5.41) is 55.2. The van der Waals surface area contributed by atoms with Gasteiger partial charge in [0.15, 0.2) is 10.7 Å². The van der Waals surface area contributed by atoms with E-state index in [-0.39, 0.29) is 98.8 Å². The van der Waals surface area contributed by atoms with Crippen molar-refractivity contribution in [2.75, 3.05) is 64.2 Å². The molecule has 10 amide bonds. The van der Waals surface area contributed by atoms with Crippen LogP contribution in [0.2, 0.25) is 0 Å². The number of primary amides is 1. The van der Waals surface area contributed by atoms with E-state index in [0.29, 0.717) is 118 Å². The van der Waals surface area contributed by atoms with E-state index in [2.05, 4.69) is 26.6 Å². The standard InChI is InChI=1S/C73H94N12O18S/c1-43-67(97)84-36-17-21-56(84)70(100)85-37-16-20-55(85)69(99)80(41-59(89)78-52(64(74)94)29-30-62(92)93)32-12-8-6-4-3-5-7-9-13-33-81(42-61(91)82-34-14-18-53(82)65(95)79-63(44(2)86)66(96)76-43)68(98)54-19-15-35-83(54)60(90)22-10-11-31-75-72(104)77-45-23-26-48-51(38-45)73(103-71(48)101)49-27-24-46(87)39-57(49)102-58-40-47(88)25-28-50(58)73/h5,7,23-28,38-40,43-44,52-56,63,86-88H,3-4,6,8-22,29-37,41-42H2,1-2H3,(H2,74,94)(H,76,96)(H,78,89)(H,79,95)(H,92,93)(H2,75,77,104)/t43-,44+,52-,53-,54-,55-,56-,63-/m0/s1. The lowest BCUT2D eigenvalue weighted by Crippen LogP contribution is -2.60. The number of thiocarbonyl (C=S) groups is 1. The molecule has 4 fully saturated rings. The highest BCUT2D eigenvalue weighted by atomic mass is 32.1. The first-order chi connectivity index (χ1) is 49.8. The summed E-state index contributed by atoms with van der Waals surface area (Å²) >= 11 is 5.69. The number of ether oxygens (including phenoxy) is 2. The van der Waals surface area contributed by atoms with Crippen molar-refractivity contribution >= 4 is 94.0 Å². The molecule has 560 valence electrons. The number of aliphatic hydroxyl groups excluding tert-OH is 1.